The summed E-state index contributed by atoms with van der Waals surface area (Å²) in [6.07, 6.45) is 3.11. The molecule has 3 amide bonds. The van der Waals surface area contributed by atoms with Gasteiger partial charge in [-0.1, -0.05) is 15.9 Å². The third-order valence-corrected chi connectivity index (χ3v) is 4.59. The fraction of sp³-hybridized carbons (Fsp3) is 0.714. The molecule has 0 spiro atoms. The molecule has 2 fully saturated rings. The van der Waals surface area contributed by atoms with Gasteiger partial charge in [-0.05, 0) is 31.6 Å². The number of hydroxylamine groups is 2. The molecule has 1 saturated carbocycles. The van der Waals surface area contributed by atoms with Gasteiger partial charge in [0.15, 0.2) is 0 Å². The summed E-state index contributed by atoms with van der Waals surface area (Å²) in [4.78, 5) is 51.0. The first-order chi connectivity index (χ1) is 10.5. The lowest BCUT2D eigenvalue weighted by Crippen LogP contribution is -2.37. The molecule has 7 nitrogen and oxygen atoms in total. The van der Waals surface area contributed by atoms with E-state index in [-0.39, 0.29) is 30.0 Å². The minimum Gasteiger partial charge on any atom is -0.355 e. The first-order valence-corrected chi connectivity index (χ1v) is 8.53. The highest BCUT2D eigenvalue weighted by Gasteiger charge is 2.36. The van der Waals surface area contributed by atoms with Gasteiger partial charge in [0.2, 0.25) is 5.91 Å². The Kier molecular flexibility index (Phi) is 5.93. The minimum atomic E-state index is -0.508. The Morgan fingerprint density at radius 3 is 2.27 bits per heavy atom. The van der Waals surface area contributed by atoms with Gasteiger partial charge in [0.25, 0.3) is 11.8 Å². The highest BCUT2D eigenvalue weighted by Crippen LogP contribution is 2.30. The standard InChI is InChI=1S/C14H19BrN2O5/c15-7-11(18)16-8-9-1-3-10(4-2-9)14(21)22-17-12(19)5-6-13(17)20/h9-10H,1-8H2,(H,16,18). The van der Waals surface area contributed by atoms with Crippen LogP contribution >= 0.6 is 15.9 Å². The smallest absolute Gasteiger partial charge is 0.336 e. The summed E-state index contributed by atoms with van der Waals surface area (Å²) in [7, 11) is 0. The van der Waals surface area contributed by atoms with E-state index in [0.717, 1.165) is 12.8 Å². The number of hydrogen-bond acceptors (Lipinski definition) is 5. The van der Waals surface area contributed by atoms with Crippen LogP contribution < -0.4 is 5.32 Å². The molecule has 1 heterocycles. The van der Waals surface area contributed by atoms with Crippen molar-refractivity contribution in [1.82, 2.24) is 10.4 Å². The van der Waals surface area contributed by atoms with Crippen molar-refractivity contribution in [3.63, 3.8) is 0 Å². The van der Waals surface area contributed by atoms with Crippen LogP contribution in [0.4, 0.5) is 0 Å². The fourth-order valence-corrected chi connectivity index (χ4v) is 2.93. The first-order valence-electron chi connectivity index (χ1n) is 7.41. The molecule has 0 aromatic carbocycles. The molecule has 0 aromatic heterocycles. The summed E-state index contributed by atoms with van der Waals surface area (Å²) in [5, 5.41) is 3.70. The Morgan fingerprint density at radius 2 is 1.73 bits per heavy atom. The normalized spacial score (nSPS) is 25.2. The molecule has 1 aliphatic carbocycles. The van der Waals surface area contributed by atoms with Crippen molar-refractivity contribution in [3.8, 4) is 0 Å². The van der Waals surface area contributed by atoms with E-state index < -0.39 is 17.8 Å². The number of carbonyl (C=O) groups excluding carboxylic acids is 4. The Labute approximate surface area is 136 Å². The zero-order valence-corrected chi connectivity index (χ0v) is 13.8. The van der Waals surface area contributed by atoms with Crippen LogP contribution in [0, 0.1) is 11.8 Å². The van der Waals surface area contributed by atoms with Crippen LogP contribution in [0.3, 0.4) is 0 Å². The summed E-state index contributed by atoms with van der Waals surface area (Å²) in [5.74, 6) is -1.40. The summed E-state index contributed by atoms with van der Waals surface area (Å²) >= 11 is 3.09. The van der Waals surface area contributed by atoms with Crippen LogP contribution in [0.15, 0.2) is 0 Å². The molecular formula is C14H19BrN2O5. The van der Waals surface area contributed by atoms with Crippen LogP contribution in [0.1, 0.15) is 38.5 Å². The topological polar surface area (TPSA) is 92.8 Å². The molecule has 1 saturated heterocycles. The molecular weight excluding hydrogens is 356 g/mol. The molecule has 0 unspecified atom stereocenters. The van der Waals surface area contributed by atoms with Gasteiger partial charge in [-0.15, -0.1) is 5.06 Å². The maximum Gasteiger partial charge on any atom is 0.336 e. The largest absolute Gasteiger partial charge is 0.355 e. The molecule has 0 radical (unpaired) electrons. The molecule has 2 aliphatic rings. The van der Waals surface area contributed by atoms with E-state index >= 15 is 0 Å². The van der Waals surface area contributed by atoms with E-state index in [0.29, 0.717) is 30.4 Å². The van der Waals surface area contributed by atoms with Crippen LogP contribution in [0.2, 0.25) is 0 Å². The van der Waals surface area contributed by atoms with Crippen molar-refractivity contribution in [1.29, 1.82) is 0 Å². The number of halogens is 1. The number of rotatable bonds is 5. The maximum absolute atomic E-state index is 12.0. The van der Waals surface area contributed by atoms with E-state index in [4.69, 9.17) is 4.84 Å². The predicted octanol–water partition coefficient (Wildman–Crippen LogP) is 0.911. The molecule has 0 bridgehead atoms. The Morgan fingerprint density at radius 1 is 1.14 bits per heavy atom. The van der Waals surface area contributed by atoms with Gasteiger partial charge < -0.3 is 10.2 Å². The van der Waals surface area contributed by atoms with Crippen LogP contribution in [0.5, 0.6) is 0 Å². The fourth-order valence-electron chi connectivity index (χ4n) is 2.73. The second-order valence-electron chi connectivity index (χ2n) is 5.65. The SMILES string of the molecule is O=C(CBr)NCC1CCC(C(=O)ON2C(=O)CCC2=O)CC1. The molecule has 1 N–H and O–H groups in total. The van der Waals surface area contributed by atoms with Crippen LogP contribution in [-0.2, 0) is 24.0 Å². The van der Waals surface area contributed by atoms with Crippen LogP contribution in [-0.4, -0.2) is 40.6 Å². The lowest BCUT2D eigenvalue weighted by atomic mass is 9.82. The third kappa shape index (κ3) is 4.28. The van der Waals surface area contributed by atoms with Crippen molar-refractivity contribution >= 4 is 39.6 Å². The quantitative estimate of drug-likeness (QED) is 0.570. The van der Waals surface area contributed by atoms with Gasteiger partial charge >= 0.3 is 5.97 Å². The van der Waals surface area contributed by atoms with Gasteiger partial charge in [0.1, 0.15) is 0 Å². The average molecular weight is 375 g/mol. The van der Waals surface area contributed by atoms with Crippen LogP contribution in [0.25, 0.3) is 0 Å². The number of imide groups is 1. The van der Waals surface area contributed by atoms with Gasteiger partial charge in [-0.2, -0.15) is 0 Å². The van der Waals surface area contributed by atoms with Gasteiger partial charge in [-0.3, -0.25) is 14.4 Å². The molecule has 0 aromatic rings. The van der Waals surface area contributed by atoms with Crippen molar-refractivity contribution in [3.05, 3.63) is 0 Å². The second kappa shape index (κ2) is 7.71. The molecule has 22 heavy (non-hydrogen) atoms. The Hall–Kier alpha value is -1.44. The number of amides is 3. The van der Waals surface area contributed by atoms with E-state index in [1.807, 2.05) is 0 Å². The van der Waals surface area contributed by atoms with E-state index in [1.165, 1.54) is 0 Å². The Balaban J connectivity index is 1.74. The van der Waals surface area contributed by atoms with E-state index in [1.54, 1.807) is 0 Å². The summed E-state index contributed by atoms with van der Waals surface area (Å²) in [6, 6.07) is 0. The van der Waals surface area contributed by atoms with E-state index in [9.17, 15) is 19.2 Å². The molecule has 0 atom stereocenters. The molecule has 122 valence electrons. The van der Waals surface area contributed by atoms with Crippen molar-refractivity contribution in [2.45, 2.75) is 38.5 Å². The number of carbonyl (C=O) groups is 4. The highest BCUT2D eigenvalue weighted by molar-refractivity contribution is 9.09. The summed E-state index contributed by atoms with van der Waals surface area (Å²) in [6.45, 7) is 0.606. The van der Waals surface area contributed by atoms with Gasteiger partial charge in [0.05, 0.1) is 11.2 Å². The maximum atomic E-state index is 12.0. The van der Waals surface area contributed by atoms with Crippen molar-refractivity contribution in [2.75, 3.05) is 11.9 Å². The first kappa shape index (κ1) is 16.9. The lowest BCUT2D eigenvalue weighted by molar-refractivity contribution is -0.201. The molecule has 1 aliphatic heterocycles. The van der Waals surface area contributed by atoms with Crippen molar-refractivity contribution in [2.24, 2.45) is 11.8 Å². The summed E-state index contributed by atoms with van der Waals surface area (Å²) < 4.78 is 0. The molecule has 2 rings (SSSR count). The predicted molar refractivity (Wildman–Crippen MR) is 79.4 cm³/mol. The summed E-state index contributed by atoms with van der Waals surface area (Å²) in [5.41, 5.74) is 0. The monoisotopic (exact) mass is 374 g/mol. The zero-order valence-electron chi connectivity index (χ0n) is 12.2. The number of alkyl halides is 1. The number of nitrogens with zero attached hydrogens (tertiary/aromatic N) is 1. The van der Waals surface area contributed by atoms with Gasteiger partial charge in [0, 0.05) is 19.4 Å². The zero-order chi connectivity index (χ0) is 16.1. The average Bonchev–Trinajstić information content (AvgIpc) is 2.84. The third-order valence-electron chi connectivity index (χ3n) is 4.08. The van der Waals surface area contributed by atoms with Crippen molar-refractivity contribution < 1.29 is 24.0 Å². The van der Waals surface area contributed by atoms with E-state index in [2.05, 4.69) is 21.2 Å². The minimum absolute atomic E-state index is 0.0485. The molecule has 8 heteroatoms. The van der Waals surface area contributed by atoms with Gasteiger partial charge in [-0.25, -0.2) is 4.79 Å². The number of nitrogens with one attached hydrogen (secondary N) is 1. The lowest BCUT2D eigenvalue weighted by Gasteiger charge is -2.27. The number of hydrogen-bond donors (Lipinski definition) is 1. The second-order valence-corrected chi connectivity index (χ2v) is 6.21. The highest BCUT2D eigenvalue weighted by atomic mass is 79.9. The Bertz CT molecular complexity index is 458.